The molecule has 2 N–H and O–H groups in total. The van der Waals surface area contributed by atoms with Crippen LogP contribution < -0.4 is 10.6 Å². The molecule has 2 amide bonds. The van der Waals surface area contributed by atoms with Crippen molar-refractivity contribution in [3.8, 4) is 0 Å². The smallest absolute Gasteiger partial charge is 0.228 e. The van der Waals surface area contributed by atoms with Gasteiger partial charge in [-0.1, -0.05) is 53.0 Å². The molecule has 1 aliphatic rings. The first kappa shape index (κ1) is 17.8. The van der Waals surface area contributed by atoms with Gasteiger partial charge in [0.1, 0.15) is 0 Å². The molecule has 0 bridgehead atoms. The van der Waals surface area contributed by atoms with Crippen LogP contribution in [-0.2, 0) is 16.1 Å². The van der Waals surface area contributed by atoms with Gasteiger partial charge in [0.15, 0.2) is 0 Å². The van der Waals surface area contributed by atoms with E-state index in [4.69, 9.17) is 23.2 Å². The quantitative estimate of drug-likeness (QED) is 0.821. The second-order valence-electron chi connectivity index (χ2n) is 6.27. The third kappa shape index (κ3) is 4.53. The molecule has 0 spiro atoms. The van der Waals surface area contributed by atoms with Crippen LogP contribution in [0.5, 0.6) is 0 Å². The van der Waals surface area contributed by atoms with E-state index in [1.807, 2.05) is 31.2 Å². The predicted octanol–water partition coefficient (Wildman–Crippen LogP) is 4.19. The Hall–Kier alpha value is -2.04. The molecule has 0 heterocycles. The Bertz CT molecular complexity index is 806. The van der Waals surface area contributed by atoms with Crippen LogP contribution in [-0.4, -0.2) is 11.8 Å². The maximum absolute atomic E-state index is 12.3. The number of carbonyl (C=O) groups excluding carboxylic acids is 2. The van der Waals surface area contributed by atoms with Crippen molar-refractivity contribution in [1.29, 1.82) is 0 Å². The number of amides is 2. The Labute approximate surface area is 156 Å². The zero-order chi connectivity index (χ0) is 18.0. The monoisotopic (exact) mass is 376 g/mol. The van der Waals surface area contributed by atoms with Gasteiger partial charge in [-0.15, -0.1) is 0 Å². The van der Waals surface area contributed by atoms with Crippen molar-refractivity contribution in [2.24, 2.45) is 11.8 Å². The minimum absolute atomic E-state index is 0.0992. The Kier molecular flexibility index (Phi) is 5.30. The summed E-state index contributed by atoms with van der Waals surface area (Å²) in [5, 5.41) is 6.53. The summed E-state index contributed by atoms with van der Waals surface area (Å²) in [5.74, 6) is -0.922. The molecule has 2 aromatic carbocycles. The van der Waals surface area contributed by atoms with Gasteiger partial charge in [-0.05, 0) is 37.1 Å². The first-order chi connectivity index (χ1) is 11.9. The molecule has 1 saturated carbocycles. The van der Waals surface area contributed by atoms with E-state index in [0.29, 0.717) is 28.7 Å². The fraction of sp³-hybridized carbons (Fsp3) is 0.263. The summed E-state index contributed by atoms with van der Waals surface area (Å²) in [6, 6.07) is 12.8. The normalized spacial score (nSPS) is 18.5. The number of rotatable bonds is 5. The van der Waals surface area contributed by atoms with E-state index in [9.17, 15) is 9.59 Å². The largest absolute Gasteiger partial charge is 0.352 e. The maximum atomic E-state index is 12.3. The van der Waals surface area contributed by atoms with Gasteiger partial charge in [-0.2, -0.15) is 0 Å². The van der Waals surface area contributed by atoms with Crippen molar-refractivity contribution in [2.75, 3.05) is 5.32 Å². The van der Waals surface area contributed by atoms with Gasteiger partial charge in [0.05, 0.1) is 22.5 Å². The highest BCUT2D eigenvalue weighted by Crippen LogP contribution is 2.40. The topological polar surface area (TPSA) is 58.2 Å². The van der Waals surface area contributed by atoms with E-state index in [1.165, 1.54) is 5.56 Å². The van der Waals surface area contributed by atoms with Crippen LogP contribution >= 0.6 is 23.2 Å². The molecule has 6 heteroatoms. The number of anilines is 1. The summed E-state index contributed by atoms with van der Waals surface area (Å²) in [4.78, 5) is 24.5. The van der Waals surface area contributed by atoms with Crippen molar-refractivity contribution in [3.63, 3.8) is 0 Å². The lowest BCUT2D eigenvalue weighted by Gasteiger charge is -2.08. The zero-order valence-corrected chi connectivity index (χ0v) is 15.2. The average molecular weight is 377 g/mol. The van der Waals surface area contributed by atoms with E-state index >= 15 is 0 Å². The van der Waals surface area contributed by atoms with Crippen molar-refractivity contribution in [1.82, 2.24) is 5.32 Å². The Morgan fingerprint density at radius 1 is 1.04 bits per heavy atom. The molecule has 3 rings (SSSR count). The lowest BCUT2D eigenvalue weighted by atomic mass is 10.1. The summed E-state index contributed by atoms with van der Waals surface area (Å²) >= 11 is 12.0. The van der Waals surface area contributed by atoms with Crippen molar-refractivity contribution < 1.29 is 9.59 Å². The Balaban J connectivity index is 1.51. The standard InChI is InChI=1S/C19H18Cl2N2O2/c1-11-2-4-12(5-3-11)10-22-18(24)14-9-15(14)19(25)23-17-8-13(20)6-7-16(17)21/h2-8,14-15H,9-10H2,1H3,(H,22,24)(H,23,25). The molecule has 2 aromatic rings. The van der Waals surface area contributed by atoms with Crippen molar-refractivity contribution >= 4 is 40.7 Å². The van der Waals surface area contributed by atoms with Gasteiger partial charge >= 0.3 is 0 Å². The Morgan fingerprint density at radius 2 is 1.72 bits per heavy atom. The fourth-order valence-corrected chi connectivity index (χ4v) is 2.96. The lowest BCUT2D eigenvalue weighted by molar-refractivity contribution is -0.125. The van der Waals surface area contributed by atoms with Crippen LogP contribution in [0.1, 0.15) is 17.5 Å². The zero-order valence-electron chi connectivity index (χ0n) is 13.7. The maximum Gasteiger partial charge on any atom is 0.228 e. The van der Waals surface area contributed by atoms with E-state index in [-0.39, 0.29) is 23.7 Å². The average Bonchev–Trinajstić information content (AvgIpc) is 3.38. The fourth-order valence-electron chi connectivity index (χ4n) is 2.62. The van der Waals surface area contributed by atoms with Crippen LogP contribution in [0.25, 0.3) is 0 Å². The summed E-state index contributed by atoms with van der Waals surface area (Å²) in [7, 11) is 0. The number of benzene rings is 2. The summed E-state index contributed by atoms with van der Waals surface area (Å²) < 4.78 is 0. The molecular weight excluding hydrogens is 359 g/mol. The van der Waals surface area contributed by atoms with Crippen molar-refractivity contribution in [3.05, 3.63) is 63.6 Å². The SMILES string of the molecule is Cc1ccc(CNC(=O)C2CC2C(=O)Nc2cc(Cl)ccc2Cl)cc1. The van der Waals surface area contributed by atoms with Crippen molar-refractivity contribution in [2.45, 2.75) is 19.9 Å². The number of halogens is 2. The van der Waals surface area contributed by atoms with Crippen LogP contribution in [0.3, 0.4) is 0 Å². The van der Waals surface area contributed by atoms with Gasteiger partial charge in [-0.25, -0.2) is 0 Å². The molecule has 1 aliphatic carbocycles. The molecule has 2 atom stereocenters. The molecule has 0 aromatic heterocycles. The first-order valence-corrected chi connectivity index (χ1v) is 8.79. The molecule has 2 unspecified atom stereocenters. The molecule has 0 radical (unpaired) electrons. The lowest BCUT2D eigenvalue weighted by Crippen LogP contribution is -2.27. The van der Waals surface area contributed by atoms with E-state index in [2.05, 4.69) is 10.6 Å². The van der Waals surface area contributed by atoms with Gasteiger partial charge in [0.2, 0.25) is 11.8 Å². The second kappa shape index (κ2) is 7.46. The highest BCUT2D eigenvalue weighted by molar-refractivity contribution is 6.35. The Morgan fingerprint density at radius 3 is 2.44 bits per heavy atom. The number of carbonyl (C=O) groups is 2. The molecule has 25 heavy (non-hydrogen) atoms. The number of nitrogens with one attached hydrogen (secondary N) is 2. The summed E-state index contributed by atoms with van der Waals surface area (Å²) in [6.45, 7) is 2.48. The van der Waals surface area contributed by atoms with Gasteiger partial charge < -0.3 is 10.6 Å². The first-order valence-electron chi connectivity index (χ1n) is 8.03. The molecule has 130 valence electrons. The third-order valence-corrected chi connectivity index (χ3v) is 4.80. The predicted molar refractivity (Wildman–Crippen MR) is 99.7 cm³/mol. The van der Waals surface area contributed by atoms with Gasteiger partial charge in [0.25, 0.3) is 0 Å². The minimum atomic E-state index is -0.326. The number of aryl methyl sites for hydroxylation is 1. The highest BCUT2D eigenvalue weighted by Gasteiger charge is 2.48. The van der Waals surface area contributed by atoms with E-state index < -0.39 is 0 Å². The van der Waals surface area contributed by atoms with E-state index in [1.54, 1.807) is 18.2 Å². The van der Waals surface area contributed by atoms with Gasteiger partial charge in [-0.3, -0.25) is 9.59 Å². The molecule has 1 fully saturated rings. The van der Waals surface area contributed by atoms with Gasteiger partial charge in [0, 0.05) is 11.6 Å². The van der Waals surface area contributed by atoms with Crippen LogP contribution in [0.2, 0.25) is 10.0 Å². The molecular formula is C19H18Cl2N2O2. The number of hydrogen-bond donors (Lipinski definition) is 2. The molecule has 0 aliphatic heterocycles. The summed E-state index contributed by atoms with van der Waals surface area (Å²) in [5.41, 5.74) is 2.67. The van der Waals surface area contributed by atoms with Crippen LogP contribution in [0.15, 0.2) is 42.5 Å². The molecule has 4 nitrogen and oxygen atoms in total. The second-order valence-corrected chi connectivity index (χ2v) is 7.11. The third-order valence-electron chi connectivity index (χ3n) is 4.24. The highest BCUT2D eigenvalue weighted by atomic mass is 35.5. The summed E-state index contributed by atoms with van der Waals surface area (Å²) in [6.07, 6.45) is 0.545. The van der Waals surface area contributed by atoms with E-state index in [0.717, 1.165) is 5.56 Å². The number of hydrogen-bond acceptors (Lipinski definition) is 2. The minimum Gasteiger partial charge on any atom is -0.352 e. The van der Waals surface area contributed by atoms with Crippen LogP contribution in [0.4, 0.5) is 5.69 Å². The van der Waals surface area contributed by atoms with Crippen LogP contribution in [0, 0.1) is 18.8 Å². The molecule has 0 saturated heterocycles.